The summed E-state index contributed by atoms with van der Waals surface area (Å²) in [7, 11) is 1.21. The lowest BCUT2D eigenvalue weighted by Gasteiger charge is -2.17. The van der Waals surface area contributed by atoms with Crippen molar-refractivity contribution in [2.45, 2.75) is 18.9 Å². The van der Waals surface area contributed by atoms with Gasteiger partial charge in [-0.3, -0.25) is 4.79 Å². The van der Waals surface area contributed by atoms with Crippen molar-refractivity contribution in [3.05, 3.63) is 70.2 Å². The van der Waals surface area contributed by atoms with Crippen molar-refractivity contribution < 1.29 is 23.1 Å². The number of methoxy groups -OCH3 is 1. The number of rotatable bonds is 6. The molecule has 0 aliphatic rings. The Morgan fingerprint density at radius 1 is 1.12 bits per heavy atom. The normalized spacial score (nSPS) is 11.7. The zero-order valence-corrected chi connectivity index (χ0v) is 14.1. The fraction of sp³-hybridized carbons (Fsp3) is 0.222. The molecule has 132 valence electrons. The van der Waals surface area contributed by atoms with Gasteiger partial charge in [0.1, 0.15) is 17.7 Å². The Morgan fingerprint density at radius 2 is 1.80 bits per heavy atom. The molecule has 0 spiro atoms. The molecule has 0 radical (unpaired) electrons. The van der Waals surface area contributed by atoms with Gasteiger partial charge in [-0.05, 0) is 35.4 Å². The van der Waals surface area contributed by atoms with Crippen LogP contribution >= 0.6 is 11.6 Å². The first-order valence-corrected chi connectivity index (χ1v) is 7.82. The predicted octanol–water partition coefficient (Wildman–Crippen LogP) is 3.06. The van der Waals surface area contributed by atoms with Gasteiger partial charge in [-0.1, -0.05) is 23.7 Å². The van der Waals surface area contributed by atoms with Crippen LogP contribution in [0.2, 0.25) is 5.02 Å². The summed E-state index contributed by atoms with van der Waals surface area (Å²) in [5.41, 5.74) is 0.904. The first kappa shape index (κ1) is 18.9. The molecule has 1 N–H and O–H groups in total. The fourth-order valence-corrected chi connectivity index (χ4v) is 2.59. The summed E-state index contributed by atoms with van der Waals surface area (Å²) >= 11 is 5.91. The van der Waals surface area contributed by atoms with E-state index in [1.54, 1.807) is 24.3 Å². The molecule has 0 unspecified atom stereocenters. The van der Waals surface area contributed by atoms with E-state index in [-0.39, 0.29) is 18.4 Å². The van der Waals surface area contributed by atoms with Gasteiger partial charge < -0.3 is 10.1 Å². The van der Waals surface area contributed by atoms with E-state index in [9.17, 15) is 18.4 Å². The minimum Gasteiger partial charge on any atom is -0.467 e. The van der Waals surface area contributed by atoms with E-state index in [1.165, 1.54) is 7.11 Å². The first-order chi connectivity index (χ1) is 11.9. The molecule has 2 aromatic carbocycles. The second-order valence-corrected chi connectivity index (χ2v) is 5.87. The third-order valence-corrected chi connectivity index (χ3v) is 3.67. The van der Waals surface area contributed by atoms with Crippen LogP contribution in [0.5, 0.6) is 0 Å². The van der Waals surface area contributed by atoms with E-state index < -0.39 is 29.6 Å². The van der Waals surface area contributed by atoms with Crippen LogP contribution in [0, 0.1) is 11.6 Å². The Bertz CT molecular complexity index is 762. The molecule has 2 aromatic rings. The number of carbonyl (C=O) groups excluding carboxylic acids is 2. The minimum atomic E-state index is -0.936. The maximum absolute atomic E-state index is 13.2. The number of halogens is 3. The SMILES string of the molecule is COC(=O)[C@H](Cc1cccc(Cl)c1)NC(=O)Cc1cc(F)cc(F)c1. The van der Waals surface area contributed by atoms with Gasteiger partial charge in [-0.15, -0.1) is 0 Å². The molecule has 0 aromatic heterocycles. The van der Waals surface area contributed by atoms with Gasteiger partial charge in [-0.2, -0.15) is 0 Å². The Morgan fingerprint density at radius 3 is 2.40 bits per heavy atom. The van der Waals surface area contributed by atoms with E-state index in [0.717, 1.165) is 23.8 Å². The number of carbonyl (C=O) groups is 2. The second-order valence-electron chi connectivity index (χ2n) is 5.43. The third-order valence-electron chi connectivity index (χ3n) is 3.44. The van der Waals surface area contributed by atoms with E-state index in [0.29, 0.717) is 5.02 Å². The van der Waals surface area contributed by atoms with Gasteiger partial charge in [0, 0.05) is 17.5 Å². The van der Waals surface area contributed by atoms with Crippen molar-refractivity contribution in [1.82, 2.24) is 5.32 Å². The number of hydrogen-bond donors (Lipinski definition) is 1. The molecule has 4 nitrogen and oxygen atoms in total. The van der Waals surface area contributed by atoms with E-state index in [4.69, 9.17) is 16.3 Å². The van der Waals surface area contributed by atoms with Crippen LogP contribution in [-0.2, 0) is 27.2 Å². The highest BCUT2D eigenvalue weighted by molar-refractivity contribution is 6.30. The van der Waals surface area contributed by atoms with Gasteiger partial charge >= 0.3 is 5.97 Å². The topological polar surface area (TPSA) is 55.4 Å². The van der Waals surface area contributed by atoms with E-state index >= 15 is 0 Å². The number of esters is 1. The summed E-state index contributed by atoms with van der Waals surface area (Å²) in [6.45, 7) is 0. The average molecular weight is 368 g/mol. The van der Waals surface area contributed by atoms with Crippen LogP contribution in [0.3, 0.4) is 0 Å². The predicted molar refractivity (Wildman–Crippen MR) is 89.2 cm³/mol. The van der Waals surface area contributed by atoms with Crippen molar-refractivity contribution in [2.75, 3.05) is 7.11 Å². The molecular weight excluding hydrogens is 352 g/mol. The first-order valence-electron chi connectivity index (χ1n) is 7.44. The second kappa shape index (κ2) is 8.58. The van der Waals surface area contributed by atoms with Gasteiger partial charge in [0.2, 0.25) is 5.91 Å². The maximum atomic E-state index is 13.2. The van der Waals surface area contributed by atoms with Gasteiger partial charge in [0.15, 0.2) is 0 Å². The van der Waals surface area contributed by atoms with Gasteiger partial charge in [-0.25, -0.2) is 13.6 Å². The summed E-state index contributed by atoms with van der Waals surface area (Å²) in [6.07, 6.45) is -0.0891. The number of amides is 1. The van der Waals surface area contributed by atoms with Crippen LogP contribution in [0.1, 0.15) is 11.1 Å². The zero-order chi connectivity index (χ0) is 18.4. The molecule has 0 fully saturated rings. The largest absolute Gasteiger partial charge is 0.467 e. The Kier molecular flexibility index (Phi) is 6.47. The van der Waals surface area contributed by atoms with Crippen LogP contribution < -0.4 is 5.32 Å². The number of ether oxygens (including phenoxy) is 1. The number of benzene rings is 2. The molecule has 0 saturated carbocycles. The lowest BCUT2D eigenvalue weighted by Crippen LogP contribution is -2.43. The Labute approximate surface area is 148 Å². The minimum absolute atomic E-state index is 0.168. The quantitative estimate of drug-likeness (QED) is 0.798. The molecule has 2 rings (SSSR count). The lowest BCUT2D eigenvalue weighted by atomic mass is 10.1. The zero-order valence-electron chi connectivity index (χ0n) is 13.4. The lowest BCUT2D eigenvalue weighted by molar-refractivity contribution is -0.145. The standard InChI is InChI=1S/C18H16ClF2NO3/c1-25-18(24)16(8-11-3-2-4-13(19)5-11)22-17(23)9-12-6-14(20)10-15(21)7-12/h2-7,10,16H,8-9H2,1H3,(H,22,23)/t16-/m0/s1. The molecule has 7 heteroatoms. The average Bonchev–Trinajstić information content (AvgIpc) is 2.52. The van der Waals surface area contributed by atoms with Crippen LogP contribution in [0.4, 0.5) is 8.78 Å². The Hall–Kier alpha value is -2.47. The molecule has 1 atom stereocenters. The molecule has 1 amide bonds. The molecule has 0 aliphatic carbocycles. The molecule has 0 saturated heterocycles. The van der Waals surface area contributed by atoms with Crippen LogP contribution in [0.25, 0.3) is 0 Å². The van der Waals surface area contributed by atoms with Crippen molar-refractivity contribution in [2.24, 2.45) is 0 Å². The third kappa shape index (κ3) is 5.83. The fourth-order valence-electron chi connectivity index (χ4n) is 2.38. The summed E-state index contributed by atoms with van der Waals surface area (Å²) in [6, 6.07) is 8.76. The summed E-state index contributed by atoms with van der Waals surface area (Å²) < 4.78 is 31.1. The summed E-state index contributed by atoms with van der Waals surface area (Å²) in [5, 5.41) is 3.02. The Balaban J connectivity index is 2.08. The molecular formula is C18H16ClF2NO3. The van der Waals surface area contributed by atoms with E-state index in [2.05, 4.69) is 5.32 Å². The highest BCUT2D eigenvalue weighted by Crippen LogP contribution is 2.13. The van der Waals surface area contributed by atoms with Crippen molar-refractivity contribution >= 4 is 23.5 Å². The molecule has 0 aliphatic heterocycles. The molecule has 0 heterocycles. The van der Waals surface area contributed by atoms with Crippen LogP contribution in [0.15, 0.2) is 42.5 Å². The van der Waals surface area contributed by atoms with Crippen LogP contribution in [-0.4, -0.2) is 25.0 Å². The van der Waals surface area contributed by atoms with Crippen molar-refractivity contribution in [3.8, 4) is 0 Å². The van der Waals surface area contributed by atoms with Crippen molar-refractivity contribution in [1.29, 1.82) is 0 Å². The summed E-state index contributed by atoms with van der Waals surface area (Å²) in [4.78, 5) is 24.0. The number of nitrogens with one attached hydrogen (secondary N) is 1. The number of hydrogen-bond acceptors (Lipinski definition) is 3. The highest BCUT2D eigenvalue weighted by Gasteiger charge is 2.22. The highest BCUT2D eigenvalue weighted by atomic mass is 35.5. The van der Waals surface area contributed by atoms with E-state index in [1.807, 2.05) is 0 Å². The summed E-state index contributed by atoms with van der Waals surface area (Å²) in [5.74, 6) is -2.72. The monoisotopic (exact) mass is 367 g/mol. The molecule has 0 bridgehead atoms. The van der Waals surface area contributed by atoms with Crippen molar-refractivity contribution in [3.63, 3.8) is 0 Å². The smallest absolute Gasteiger partial charge is 0.328 e. The molecule has 25 heavy (non-hydrogen) atoms. The van der Waals surface area contributed by atoms with Gasteiger partial charge in [0.25, 0.3) is 0 Å². The van der Waals surface area contributed by atoms with Gasteiger partial charge in [0.05, 0.1) is 13.5 Å². The maximum Gasteiger partial charge on any atom is 0.328 e.